The SMILES string of the molecule is Cc1nccn1-c1cc(N2CCN(C(=O)c3ccc4c(c3)OCO4)CC2)ncn1. The summed E-state index contributed by atoms with van der Waals surface area (Å²) in [7, 11) is 0. The maximum absolute atomic E-state index is 12.9. The zero-order valence-electron chi connectivity index (χ0n) is 16.0. The van der Waals surface area contributed by atoms with Crippen molar-refractivity contribution < 1.29 is 14.3 Å². The van der Waals surface area contributed by atoms with Crippen molar-refractivity contribution in [1.82, 2.24) is 24.4 Å². The standard InChI is InChI=1S/C20H20N6O3/c1-14-21-4-5-26(14)19-11-18(22-12-23-19)24-6-8-25(9-7-24)20(27)15-2-3-16-17(10-15)29-13-28-16/h2-5,10-12H,6-9,13H2,1H3. The van der Waals surface area contributed by atoms with Crippen LogP contribution in [0.5, 0.6) is 11.5 Å². The Balaban J connectivity index is 1.27. The lowest BCUT2D eigenvalue weighted by Gasteiger charge is -2.35. The summed E-state index contributed by atoms with van der Waals surface area (Å²) >= 11 is 0. The molecule has 1 fully saturated rings. The van der Waals surface area contributed by atoms with Crippen molar-refractivity contribution in [2.45, 2.75) is 6.92 Å². The Morgan fingerprint density at radius 2 is 1.76 bits per heavy atom. The Morgan fingerprint density at radius 3 is 2.55 bits per heavy atom. The molecule has 0 saturated carbocycles. The summed E-state index contributed by atoms with van der Waals surface area (Å²) in [5.41, 5.74) is 0.614. The molecule has 9 heteroatoms. The molecule has 3 aromatic rings. The van der Waals surface area contributed by atoms with E-state index in [1.807, 2.05) is 28.7 Å². The van der Waals surface area contributed by atoms with E-state index in [0.717, 1.165) is 17.5 Å². The van der Waals surface area contributed by atoms with Gasteiger partial charge in [-0.05, 0) is 25.1 Å². The average Bonchev–Trinajstić information content (AvgIpc) is 3.41. The van der Waals surface area contributed by atoms with Crippen molar-refractivity contribution in [3.05, 3.63) is 54.4 Å². The number of hydrogen-bond acceptors (Lipinski definition) is 7. The third kappa shape index (κ3) is 3.24. The number of benzene rings is 1. The molecule has 0 radical (unpaired) electrons. The number of hydrogen-bond donors (Lipinski definition) is 0. The average molecular weight is 392 g/mol. The van der Waals surface area contributed by atoms with Crippen LogP contribution in [0.2, 0.25) is 0 Å². The van der Waals surface area contributed by atoms with E-state index < -0.39 is 0 Å². The van der Waals surface area contributed by atoms with Crippen molar-refractivity contribution in [2.24, 2.45) is 0 Å². The second-order valence-electron chi connectivity index (χ2n) is 6.93. The van der Waals surface area contributed by atoms with Crippen LogP contribution in [-0.4, -0.2) is 63.3 Å². The number of carbonyl (C=O) groups excluding carboxylic acids is 1. The Bertz CT molecular complexity index is 1060. The summed E-state index contributed by atoms with van der Waals surface area (Å²) < 4.78 is 12.6. The lowest BCUT2D eigenvalue weighted by molar-refractivity contribution is 0.0746. The molecule has 0 spiro atoms. The number of piperazine rings is 1. The molecule has 0 unspecified atom stereocenters. The van der Waals surface area contributed by atoms with Gasteiger partial charge < -0.3 is 19.3 Å². The number of aryl methyl sites for hydroxylation is 1. The quantitative estimate of drug-likeness (QED) is 0.670. The van der Waals surface area contributed by atoms with Crippen LogP contribution < -0.4 is 14.4 Å². The summed E-state index contributed by atoms with van der Waals surface area (Å²) in [6.07, 6.45) is 5.19. The number of fused-ring (bicyclic) bond motifs is 1. The molecule has 2 aromatic heterocycles. The van der Waals surface area contributed by atoms with Gasteiger partial charge in [-0.25, -0.2) is 15.0 Å². The second-order valence-corrected chi connectivity index (χ2v) is 6.93. The predicted octanol–water partition coefficient (Wildman–Crippen LogP) is 1.66. The number of carbonyl (C=O) groups is 1. The van der Waals surface area contributed by atoms with Crippen molar-refractivity contribution in [3.8, 4) is 17.3 Å². The monoisotopic (exact) mass is 392 g/mol. The fourth-order valence-corrected chi connectivity index (χ4v) is 3.61. The van der Waals surface area contributed by atoms with Crippen LogP contribution in [0.3, 0.4) is 0 Å². The maximum atomic E-state index is 12.9. The van der Waals surface area contributed by atoms with Gasteiger partial charge in [-0.2, -0.15) is 0 Å². The number of anilines is 1. The van der Waals surface area contributed by atoms with Gasteiger partial charge in [0.25, 0.3) is 5.91 Å². The van der Waals surface area contributed by atoms with Gasteiger partial charge in [0.15, 0.2) is 11.5 Å². The first kappa shape index (κ1) is 17.5. The Hall–Kier alpha value is -3.62. The maximum Gasteiger partial charge on any atom is 0.254 e. The predicted molar refractivity (Wildman–Crippen MR) is 105 cm³/mol. The lowest BCUT2D eigenvalue weighted by atomic mass is 10.1. The van der Waals surface area contributed by atoms with Crippen molar-refractivity contribution in [1.29, 1.82) is 0 Å². The van der Waals surface area contributed by atoms with Gasteiger partial charge >= 0.3 is 0 Å². The third-order valence-electron chi connectivity index (χ3n) is 5.22. The largest absolute Gasteiger partial charge is 0.454 e. The number of ether oxygens (including phenoxy) is 2. The van der Waals surface area contributed by atoms with Gasteiger partial charge in [0.1, 0.15) is 23.8 Å². The van der Waals surface area contributed by atoms with Crippen molar-refractivity contribution in [2.75, 3.05) is 37.9 Å². The molecule has 0 aliphatic carbocycles. The fourth-order valence-electron chi connectivity index (χ4n) is 3.61. The second kappa shape index (κ2) is 7.08. The van der Waals surface area contributed by atoms with Crippen LogP contribution in [0.4, 0.5) is 5.82 Å². The van der Waals surface area contributed by atoms with Gasteiger partial charge in [-0.1, -0.05) is 0 Å². The van der Waals surface area contributed by atoms with E-state index in [-0.39, 0.29) is 12.7 Å². The molecule has 0 atom stereocenters. The zero-order valence-corrected chi connectivity index (χ0v) is 16.0. The first-order chi connectivity index (χ1) is 14.2. The van der Waals surface area contributed by atoms with Crippen LogP contribution in [0.25, 0.3) is 5.82 Å². The van der Waals surface area contributed by atoms with Gasteiger partial charge in [-0.3, -0.25) is 9.36 Å². The van der Waals surface area contributed by atoms with Gasteiger partial charge in [0, 0.05) is 50.2 Å². The first-order valence-electron chi connectivity index (χ1n) is 9.45. The van der Waals surface area contributed by atoms with Crippen LogP contribution in [0, 0.1) is 6.92 Å². The molecule has 2 aliphatic heterocycles. The molecule has 5 rings (SSSR count). The minimum absolute atomic E-state index is 0.000340. The van der Waals surface area contributed by atoms with E-state index in [1.54, 1.807) is 30.7 Å². The van der Waals surface area contributed by atoms with Crippen molar-refractivity contribution >= 4 is 11.7 Å². The van der Waals surface area contributed by atoms with Crippen LogP contribution in [0.1, 0.15) is 16.2 Å². The normalized spacial score (nSPS) is 15.6. The smallest absolute Gasteiger partial charge is 0.254 e. The van der Waals surface area contributed by atoms with Gasteiger partial charge in [0.2, 0.25) is 6.79 Å². The van der Waals surface area contributed by atoms with Crippen LogP contribution in [0.15, 0.2) is 43.0 Å². The highest BCUT2D eigenvalue weighted by Gasteiger charge is 2.25. The number of nitrogens with zero attached hydrogens (tertiary/aromatic N) is 6. The highest BCUT2D eigenvalue weighted by atomic mass is 16.7. The van der Waals surface area contributed by atoms with E-state index >= 15 is 0 Å². The Kier molecular flexibility index (Phi) is 4.27. The Morgan fingerprint density at radius 1 is 0.966 bits per heavy atom. The lowest BCUT2D eigenvalue weighted by Crippen LogP contribution is -2.49. The molecule has 1 saturated heterocycles. The number of amides is 1. The third-order valence-corrected chi connectivity index (χ3v) is 5.22. The molecule has 9 nitrogen and oxygen atoms in total. The highest BCUT2D eigenvalue weighted by Crippen LogP contribution is 2.33. The molecule has 29 heavy (non-hydrogen) atoms. The zero-order chi connectivity index (χ0) is 19.8. The van der Waals surface area contributed by atoms with E-state index in [4.69, 9.17) is 9.47 Å². The summed E-state index contributed by atoms with van der Waals surface area (Å²) in [6.45, 7) is 4.78. The fraction of sp³-hybridized carbons (Fsp3) is 0.300. The van der Waals surface area contributed by atoms with Gasteiger partial charge in [-0.15, -0.1) is 0 Å². The molecular formula is C20H20N6O3. The molecule has 0 bridgehead atoms. The van der Waals surface area contributed by atoms with Crippen LogP contribution >= 0.6 is 0 Å². The van der Waals surface area contributed by atoms with E-state index in [0.29, 0.717) is 43.2 Å². The number of aromatic nitrogens is 4. The minimum atomic E-state index is 0.000340. The van der Waals surface area contributed by atoms with E-state index in [2.05, 4.69) is 19.9 Å². The van der Waals surface area contributed by atoms with Gasteiger partial charge in [0.05, 0.1) is 0 Å². The first-order valence-corrected chi connectivity index (χ1v) is 9.45. The van der Waals surface area contributed by atoms with Crippen molar-refractivity contribution in [3.63, 3.8) is 0 Å². The molecule has 2 aliphatic rings. The number of imidazole rings is 1. The number of rotatable bonds is 3. The van der Waals surface area contributed by atoms with E-state index in [9.17, 15) is 4.79 Å². The molecule has 4 heterocycles. The van der Waals surface area contributed by atoms with E-state index in [1.165, 1.54) is 0 Å². The minimum Gasteiger partial charge on any atom is -0.454 e. The molecule has 1 amide bonds. The molecule has 1 aromatic carbocycles. The summed E-state index contributed by atoms with van der Waals surface area (Å²) in [6, 6.07) is 7.27. The van der Waals surface area contributed by atoms with Crippen LogP contribution in [-0.2, 0) is 0 Å². The summed E-state index contributed by atoms with van der Waals surface area (Å²) in [4.78, 5) is 29.9. The topological polar surface area (TPSA) is 85.6 Å². The highest BCUT2D eigenvalue weighted by molar-refractivity contribution is 5.95. The summed E-state index contributed by atoms with van der Waals surface area (Å²) in [5, 5.41) is 0. The molecule has 148 valence electrons. The molecular weight excluding hydrogens is 372 g/mol. The molecule has 0 N–H and O–H groups in total. The summed E-state index contributed by atoms with van der Waals surface area (Å²) in [5.74, 6) is 3.80. The Labute approximate surface area is 167 Å².